The topological polar surface area (TPSA) is 107 Å². The van der Waals surface area contributed by atoms with Gasteiger partial charge in [0.2, 0.25) is 0 Å². The van der Waals surface area contributed by atoms with Gasteiger partial charge in [-0.3, -0.25) is 9.78 Å². The smallest absolute Gasteiger partial charge is 0.398 e. The van der Waals surface area contributed by atoms with Crippen molar-refractivity contribution in [2.24, 2.45) is 0 Å². The third kappa shape index (κ3) is 13.7. The van der Waals surface area contributed by atoms with E-state index >= 15 is 0 Å². The molecule has 2 aromatic carbocycles. The number of benzene rings is 2. The van der Waals surface area contributed by atoms with Crippen LogP contribution in [0.2, 0.25) is 0 Å². The second-order valence-corrected chi connectivity index (χ2v) is 14.3. The molecule has 50 heavy (non-hydrogen) atoms. The molecule has 0 atom stereocenters. The fourth-order valence-corrected chi connectivity index (χ4v) is 6.73. The van der Waals surface area contributed by atoms with Crippen LogP contribution in [0.3, 0.4) is 0 Å². The van der Waals surface area contributed by atoms with E-state index in [0.29, 0.717) is 62.5 Å². The highest BCUT2D eigenvalue weighted by molar-refractivity contribution is 5.89. The highest BCUT2D eigenvalue weighted by atomic mass is 17.3. The monoisotopic (exact) mass is 694 g/mol. The summed E-state index contributed by atoms with van der Waals surface area (Å²) in [5, 5.41) is 0. The maximum absolute atomic E-state index is 14.0. The van der Waals surface area contributed by atoms with Crippen LogP contribution in [0.25, 0.3) is 0 Å². The molecular weight excluding hydrogens is 636 g/mol. The normalized spacial score (nSPS) is 19.6. The maximum Gasteiger partial charge on any atom is 0.513 e. The first kappa shape index (κ1) is 39.4. The summed E-state index contributed by atoms with van der Waals surface area (Å²) in [7, 11) is 0. The van der Waals surface area contributed by atoms with Gasteiger partial charge >= 0.3 is 18.1 Å². The molecule has 2 aliphatic carbocycles. The molecule has 4 rings (SSSR count). The molecule has 9 heteroatoms. The van der Waals surface area contributed by atoms with Gasteiger partial charge in [0.1, 0.15) is 0 Å². The van der Waals surface area contributed by atoms with Crippen LogP contribution in [-0.4, -0.2) is 29.7 Å². The van der Waals surface area contributed by atoms with Gasteiger partial charge in [-0.25, -0.2) is 14.4 Å². The van der Waals surface area contributed by atoms with E-state index in [-0.39, 0.29) is 0 Å². The Bertz CT molecular complexity index is 1180. The van der Waals surface area contributed by atoms with Gasteiger partial charge in [-0.1, -0.05) is 125 Å². The van der Waals surface area contributed by atoms with Crippen molar-refractivity contribution in [3.05, 3.63) is 70.8 Å². The Morgan fingerprint density at radius 1 is 0.420 bits per heavy atom. The third-order valence-electron chi connectivity index (χ3n) is 9.88. The molecule has 0 N–H and O–H groups in total. The Morgan fingerprint density at radius 3 is 0.960 bits per heavy atom. The number of hydrogen-bond acceptors (Lipinski definition) is 9. The van der Waals surface area contributed by atoms with E-state index in [0.717, 1.165) is 88.2 Å². The summed E-state index contributed by atoms with van der Waals surface area (Å²) in [6, 6.07) is 14.0. The zero-order valence-electron chi connectivity index (χ0n) is 30.3. The van der Waals surface area contributed by atoms with Crippen LogP contribution in [0.1, 0.15) is 173 Å². The number of carbonyl (C=O) groups excluding carboxylic acids is 3. The molecular formula is C41H58O9. The molecule has 0 saturated heterocycles. The lowest BCUT2D eigenvalue weighted by molar-refractivity contribution is -0.409. The Hall–Kier alpha value is -3.43. The summed E-state index contributed by atoms with van der Waals surface area (Å²) < 4.78 is 12.2. The largest absolute Gasteiger partial charge is 0.513 e. The molecule has 9 nitrogen and oxygen atoms in total. The molecule has 2 fully saturated rings. The van der Waals surface area contributed by atoms with Crippen LogP contribution in [0, 0.1) is 13.8 Å². The number of hydrogen-bond donors (Lipinski definition) is 0. The van der Waals surface area contributed by atoms with Gasteiger partial charge in [-0.05, 0) is 63.8 Å². The molecule has 0 aliphatic heterocycles. The zero-order chi connectivity index (χ0) is 35.5. The Balaban J connectivity index is 1.55. The second kappa shape index (κ2) is 21.1. The van der Waals surface area contributed by atoms with E-state index in [4.69, 9.17) is 29.0 Å². The molecule has 2 aliphatic rings. The van der Waals surface area contributed by atoms with Gasteiger partial charge in [0.15, 0.2) is 0 Å². The Morgan fingerprint density at radius 2 is 0.680 bits per heavy atom. The average molecular weight is 695 g/mol. The van der Waals surface area contributed by atoms with Crippen molar-refractivity contribution < 1.29 is 43.4 Å². The van der Waals surface area contributed by atoms with Gasteiger partial charge in [0.05, 0.1) is 11.1 Å². The summed E-state index contributed by atoms with van der Waals surface area (Å²) in [5.74, 6) is -4.45. The zero-order valence-corrected chi connectivity index (χ0v) is 30.3. The Labute approximate surface area is 298 Å². The van der Waals surface area contributed by atoms with Crippen LogP contribution in [0.5, 0.6) is 0 Å². The fourth-order valence-electron chi connectivity index (χ4n) is 6.73. The van der Waals surface area contributed by atoms with Crippen molar-refractivity contribution in [1.82, 2.24) is 0 Å². The molecule has 0 unspecified atom stereocenters. The molecule has 0 aromatic heterocycles. The maximum atomic E-state index is 14.0. The highest BCUT2D eigenvalue weighted by Gasteiger charge is 2.44. The van der Waals surface area contributed by atoms with Gasteiger partial charge in [-0.2, -0.15) is 0 Å². The lowest BCUT2D eigenvalue weighted by Crippen LogP contribution is -2.44. The molecule has 0 radical (unpaired) electrons. The van der Waals surface area contributed by atoms with E-state index in [1.807, 2.05) is 38.1 Å². The standard InChI is InChI=1S/C41H58O9/c1-33-21-25-35(26-22-33)37(42)47-49-40(29-17-13-9-5-3-6-10-14-18-30-40)45-39(44)46-41(31-19-15-11-7-4-8-12-16-20-32-41)50-48-38(43)36-27-23-34(2)24-28-36/h21-28H,3-20,29-32H2,1-2H3. The third-order valence-corrected chi connectivity index (χ3v) is 9.88. The SMILES string of the molecule is Cc1ccc(C(=O)OOC2(OC(=O)OC3(OOC(=O)c4ccc(C)cc4)CCCCCCCCCCC3)CCCCCCCCCCC2)cc1. The van der Waals surface area contributed by atoms with Crippen LogP contribution < -0.4 is 0 Å². The van der Waals surface area contributed by atoms with Crippen molar-refractivity contribution in [2.75, 3.05) is 0 Å². The molecule has 0 spiro atoms. The highest BCUT2D eigenvalue weighted by Crippen LogP contribution is 2.35. The van der Waals surface area contributed by atoms with E-state index in [1.54, 1.807) is 24.3 Å². The van der Waals surface area contributed by atoms with Gasteiger partial charge < -0.3 is 9.47 Å². The lowest BCUT2D eigenvalue weighted by Gasteiger charge is -2.35. The number of ether oxygens (including phenoxy) is 2. The first-order valence-corrected chi connectivity index (χ1v) is 19.1. The quantitative estimate of drug-likeness (QED) is 0.115. The minimum absolute atomic E-state index is 0.331. The molecule has 276 valence electrons. The summed E-state index contributed by atoms with van der Waals surface area (Å²) in [6.45, 7) is 3.88. The first-order chi connectivity index (χ1) is 24.3. The first-order valence-electron chi connectivity index (χ1n) is 19.1. The minimum Gasteiger partial charge on any atom is -0.398 e. The van der Waals surface area contributed by atoms with Crippen LogP contribution >= 0.6 is 0 Å². The predicted molar refractivity (Wildman–Crippen MR) is 190 cm³/mol. The van der Waals surface area contributed by atoms with E-state index in [2.05, 4.69) is 0 Å². The van der Waals surface area contributed by atoms with Crippen LogP contribution in [-0.2, 0) is 29.0 Å². The van der Waals surface area contributed by atoms with E-state index < -0.39 is 29.7 Å². The number of rotatable bonds is 8. The van der Waals surface area contributed by atoms with Crippen molar-refractivity contribution in [3.8, 4) is 0 Å². The van der Waals surface area contributed by atoms with Crippen molar-refractivity contribution in [1.29, 1.82) is 0 Å². The van der Waals surface area contributed by atoms with Crippen molar-refractivity contribution in [3.63, 3.8) is 0 Å². The lowest BCUT2D eigenvalue weighted by atomic mass is 9.97. The predicted octanol–water partition coefficient (Wildman–Crippen LogP) is 11.3. The molecule has 2 saturated carbocycles. The summed E-state index contributed by atoms with van der Waals surface area (Å²) >= 11 is 0. The second-order valence-electron chi connectivity index (χ2n) is 14.3. The average Bonchev–Trinajstić information content (AvgIpc) is 3.10. The Kier molecular flexibility index (Phi) is 16.6. The van der Waals surface area contributed by atoms with Crippen molar-refractivity contribution >= 4 is 18.1 Å². The van der Waals surface area contributed by atoms with E-state index in [1.165, 1.54) is 12.8 Å². The van der Waals surface area contributed by atoms with Crippen molar-refractivity contribution in [2.45, 2.75) is 167 Å². The molecule has 2 aromatic rings. The van der Waals surface area contributed by atoms with Gasteiger partial charge in [0.25, 0.3) is 11.6 Å². The van der Waals surface area contributed by atoms with Gasteiger partial charge in [-0.15, -0.1) is 9.78 Å². The molecule has 0 heterocycles. The van der Waals surface area contributed by atoms with E-state index in [9.17, 15) is 14.4 Å². The number of carbonyl (C=O) groups is 3. The summed E-state index contributed by atoms with van der Waals surface area (Å²) in [4.78, 5) is 62.7. The molecule has 0 bridgehead atoms. The fraction of sp³-hybridized carbons (Fsp3) is 0.634. The van der Waals surface area contributed by atoms with Crippen LogP contribution in [0.4, 0.5) is 4.79 Å². The van der Waals surface area contributed by atoms with Gasteiger partial charge in [0, 0.05) is 25.7 Å². The summed E-state index contributed by atoms with van der Waals surface area (Å²) in [5.41, 5.74) is 2.68. The summed E-state index contributed by atoms with van der Waals surface area (Å²) in [6.07, 6.45) is 18.2. The molecule has 0 amide bonds. The van der Waals surface area contributed by atoms with Crippen LogP contribution in [0.15, 0.2) is 48.5 Å². The minimum atomic E-state index is -1.55. The number of aryl methyl sites for hydroxylation is 2.